The van der Waals surface area contributed by atoms with Crippen molar-refractivity contribution < 1.29 is 0 Å². The molecule has 2 aliphatic rings. The minimum Gasteiger partial charge on any atom is -0.329 e. The smallest absolute Gasteiger partial charge is 0.0224 e. The molecular weight excluding hydrogens is 196 g/mol. The second-order valence-corrected chi connectivity index (χ2v) is 6.09. The van der Waals surface area contributed by atoms with E-state index >= 15 is 0 Å². The van der Waals surface area contributed by atoms with Gasteiger partial charge in [0.15, 0.2) is 0 Å². The molecule has 16 heavy (non-hydrogen) atoms. The Morgan fingerprint density at radius 3 is 2.56 bits per heavy atom. The lowest BCUT2D eigenvalue weighted by atomic mass is 9.81. The van der Waals surface area contributed by atoms with Gasteiger partial charge >= 0.3 is 0 Å². The van der Waals surface area contributed by atoms with Gasteiger partial charge in [0.25, 0.3) is 0 Å². The van der Waals surface area contributed by atoms with Crippen molar-refractivity contribution in [2.75, 3.05) is 13.1 Å². The van der Waals surface area contributed by atoms with E-state index in [1.807, 2.05) is 0 Å². The monoisotopic (exact) mass is 224 g/mol. The maximum atomic E-state index is 5.97. The highest BCUT2D eigenvalue weighted by Gasteiger charge is 2.34. The van der Waals surface area contributed by atoms with Crippen LogP contribution in [0.25, 0.3) is 0 Å². The van der Waals surface area contributed by atoms with Crippen LogP contribution < -0.4 is 5.73 Å². The molecule has 2 nitrogen and oxygen atoms in total. The van der Waals surface area contributed by atoms with Crippen molar-refractivity contribution in [3.05, 3.63) is 0 Å². The zero-order chi connectivity index (χ0) is 11.5. The van der Waals surface area contributed by atoms with E-state index in [1.54, 1.807) is 0 Å². The van der Waals surface area contributed by atoms with Gasteiger partial charge in [-0.2, -0.15) is 0 Å². The first-order valence-corrected chi connectivity index (χ1v) is 7.18. The van der Waals surface area contributed by atoms with Gasteiger partial charge in [0.05, 0.1) is 0 Å². The van der Waals surface area contributed by atoms with E-state index in [2.05, 4.69) is 18.7 Å². The Morgan fingerprint density at radius 2 is 1.88 bits per heavy atom. The van der Waals surface area contributed by atoms with Crippen LogP contribution in [-0.2, 0) is 0 Å². The lowest BCUT2D eigenvalue weighted by Crippen LogP contribution is -2.53. The van der Waals surface area contributed by atoms with Gasteiger partial charge < -0.3 is 5.73 Å². The first-order valence-electron chi connectivity index (χ1n) is 7.18. The molecule has 2 heteroatoms. The number of nitrogens with two attached hydrogens (primary N) is 1. The van der Waals surface area contributed by atoms with E-state index < -0.39 is 0 Å². The number of rotatable bonds is 2. The summed E-state index contributed by atoms with van der Waals surface area (Å²) in [6.45, 7) is 6.96. The number of hydrogen-bond donors (Lipinski definition) is 1. The Morgan fingerprint density at radius 1 is 1.12 bits per heavy atom. The summed E-state index contributed by atoms with van der Waals surface area (Å²) >= 11 is 0. The van der Waals surface area contributed by atoms with Crippen molar-refractivity contribution in [2.24, 2.45) is 17.6 Å². The predicted molar refractivity (Wildman–Crippen MR) is 69.4 cm³/mol. The van der Waals surface area contributed by atoms with Crippen molar-refractivity contribution in [3.8, 4) is 0 Å². The predicted octanol–water partition coefficient (Wildman–Crippen LogP) is 2.62. The Balaban J connectivity index is 2.00. The van der Waals surface area contributed by atoms with Crippen molar-refractivity contribution in [2.45, 2.75) is 64.5 Å². The van der Waals surface area contributed by atoms with Gasteiger partial charge in [-0.15, -0.1) is 0 Å². The van der Waals surface area contributed by atoms with E-state index in [4.69, 9.17) is 5.73 Å². The summed E-state index contributed by atoms with van der Waals surface area (Å²) in [5.74, 6) is 1.76. The summed E-state index contributed by atoms with van der Waals surface area (Å²) in [6.07, 6.45) is 8.40. The molecule has 4 atom stereocenters. The van der Waals surface area contributed by atoms with Gasteiger partial charge in [0, 0.05) is 18.6 Å². The molecule has 0 spiro atoms. The zero-order valence-corrected chi connectivity index (χ0v) is 11.0. The molecule has 2 rings (SSSR count). The third-order valence-corrected chi connectivity index (χ3v) is 4.79. The molecule has 0 bridgehead atoms. The molecule has 4 unspecified atom stereocenters. The van der Waals surface area contributed by atoms with E-state index in [1.165, 1.54) is 45.1 Å². The van der Waals surface area contributed by atoms with Gasteiger partial charge in [-0.25, -0.2) is 0 Å². The molecule has 1 heterocycles. The standard InChI is InChI=1S/C14H28N2/c1-11-7-8-16(13(9-11)10-15)14-6-4-3-5-12(14)2/h11-14H,3-10,15H2,1-2H3. The summed E-state index contributed by atoms with van der Waals surface area (Å²) in [6, 6.07) is 1.49. The van der Waals surface area contributed by atoms with Gasteiger partial charge in [0.1, 0.15) is 0 Å². The highest BCUT2D eigenvalue weighted by Crippen LogP contribution is 2.33. The van der Waals surface area contributed by atoms with Crippen molar-refractivity contribution in [1.29, 1.82) is 0 Å². The second-order valence-electron chi connectivity index (χ2n) is 6.09. The van der Waals surface area contributed by atoms with Gasteiger partial charge in [-0.3, -0.25) is 4.90 Å². The molecule has 0 aromatic heterocycles. The fourth-order valence-electron chi connectivity index (χ4n) is 3.73. The van der Waals surface area contributed by atoms with Crippen LogP contribution in [-0.4, -0.2) is 30.1 Å². The highest BCUT2D eigenvalue weighted by atomic mass is 15.2. The van der Waals surface area contributed by atoms with Crippen LogP contribution in [0.1, 0.15) is 52.4 Å². The quantitative estimate of drug-likeness (QED) is 0.781. The summed E-state index contributed by atoms with van der Waals surface area (Å²) in [5.41, 5.74) is 5.97. The number of piperidine rings is 1. The third-order valence-electron chi connectivity index (χ3n) is 4.79. The molecule has 94 valence electrons. The molecule has 1 aliphatic carbocycles. The summed E-state index contributed by atoms with van der Waals surface area (Å²) in [4.78, 5) is 2.75. The maximum absolute atomic E-state index is 5.97. The molecule has 1 saturated carbocycles. The highest BCUT2D eigenvalue weighted by molar-refractivity contribution is 4.89. The SMILES string of the molecule is CC1CCN(C2CCCCC2C)C(CN)C1. The van der Waals surface area contributed by atoms with E-state index in [-0.39, 0.29) is 0 Å². The molecule has 2 N–H and O–H groups in total. The third kappa shape index (κ3) is 2.60. The van der Waals surface area contributed by atoms with E-state index in [0.29, 0.717) is 6.04 Å². The number of hydrogen-bond acceptors (Lipinski definition) is 2. The van der Waals surface area contributed by atoms with Crippen LogP contribution >= 0.6 is 0 Å². The topological polar surface area (TPSA) is 29.3 Å². The first kappa shape index (κ1) is 12.4. The van der Waals surface area contributed by atoms with Crippen molar-refractivity contribution in [1.82, 2.24) is 4.90 Å². The average Bonchev–Trinajstić information content (AvgIpc) is 2.30. The number of nitrogens with zero attached hydrogens (tertiary/aromatic N) is 1. The summed E-state index contributed by atoms with van der Waals surface area (Å²) in [7, 11) is 0. The van der Waals surface area contributed by atoms with Gasteiger partial charge in [0.2, 0.25) is 0 Å². The van der Waals surface area contributed by atoms with Crippen molar-refractivity contribution >= 4 is 0 Å². The second kappa shape index (κ2) is 5.50. The Kier molecular flexibility index (Phi) is 4.26. The lowest BCUT2D eigenvalue weighted by Gasteiger charge is -2.46. The molecule has 0 amide bonds. The fraction of sp³-hybridized carbons (Fsp3) is 1.00. The molecule has 0 aromatic carbocycles. The lowest BCUT2D eigenvalue weighted by molar-refractivity contribution is 0.0321. The summed E-state index contributed by atoms with van der Waals surface area (Å²) in [5, 5.41) is 0. The van der Waals surface area contributed by atoms with Crippen molar-refractivity contribution in [3.63, 3.8) is 0 Å². The number of likely N-dealkylation sites (tertiary alicyclic amines) is 1. The van der Waals surface area contributed by atoms with Gasteiger partial charge in [-0.1, -0.05) is 26.7 Å². The average molecular weight is 224 g/mol. The molecule has 1 aliphatic heterocycles. The zero-order valence-electron chi connectivity index (χ0n) is 11.0. The van der Waals surface area contributed by atoms with Crippen LogP contribution in [0, 0.1) is 11.8 Å². The minimum absolute atomic E-state index is 0.661. The molecule has 1 saturated heterocycles. The fourth-order valence-corrected chi connectivity index (χ4v) is 3.73. The Labute approximate surface area is 101 Å². The maximum Gasteiger partial charge on any atom is 0.0224 e. The molecule has 2 fully saturated rings. The minimum atomic E-state index is 0.661. The van der Waals surface area contributed by atoms with E-state index in [9.17, 15) is 0 Å². The first-order chi connectivity index (χ1) is 7.72. The molecular formula is C14H28N2. The molecule has 0 radical (unpaired) electrons. The Hall–Kier alpha value is -0.0800. The van der Waals surface area contributed by atoms with Crippen LogP contribution in [0.3, 0.4) is 0 Å². The summed E-state index contributed by atoms with van der Waals surface area (Å²) < 4.78 is 0. The largest absolute Gasteiger partial charge is 0.329 e. The van der Waals surface area contributed by atoms with Crippen LogP contribution in [0.5, 0.6) is 0 Å². The molecule has 0 aromatic rings. The van der Waals surface area contributed by atoms with E-state index in [0.717, 1.165) is 24.4 Å². The van der Waals surface area contributed by atoms with Gasteiger partial charge in [-0.05, 0) is 44.1 Å². The van der Waals surface area contributed by atoms with Crippen LogP contribution in [0.2, 0.25) is 0 Å². The Bertz CT molecular complexity index is 217. The van der Waals surface area contributed by atoms with Crippen LogP contribution in [0.4, 0.5) is 0 Å². The normalized spacial score (nSPS) is 42.2. The van der Waals surface area contributed by atoms with Crippen LogP contribution in [0.15, 0.2) is 0 Å².